The summed E-state index contributed by atoms with van der Waals surface area (Å²) in [5, 5.41) is 0. The van der Waals surface area contributed by atoms with Crippen LogP contribution in [0.2, 0.25) is 0 Å². The Morgan fingerprint density at radius 2 is 1.04 bits per heavy atom. The maximum atomic E-state index is 4.61. The molecule has 0 saturated carbocycles. The average Bonchev–Trinajstić information content (AvgIpc) is 2.71. The summed E-state index contributed by atoms with van der Waals surface area (Å²) in [6.45, 7) is 0.146. The molecule has 4 rings (SSSR count). The first-order chi connectivity index (χ1) is 12.4. The van der Waals surface area contributed by atoms with Gasteiger partial charge in [0.2, 0.25) is 0 Å². The van der Waals surface area contributed by atoms with Gasteiger partial charge in [0.05, 0.1) is 0 Å². The smallest absolute Gasteiger partial charge is 0.265 e. The van der Waals surface area contributed by atoms with Gasteiger partial charge in [0.1, 0.15) is 0 Å². The van der Waals surface area contributed by atoms with Crippen molar-refractivity contribution in [2.24, 2.45) is 0 Å². The highest BCUT2D eigenvalue weighted by atomic mass is 14.6. The van der Waals surface area contributed by atoms with Gasteiger partial charge in [0.15, 0.2) is 0 Å². The molecule has 0 aliphatic rings. The molecule has 0 aliphatic heterocycles. The van der Waals surface area contributed by atoms with Crippen LogP contribution in [0, 0.1) is 0 Å². The minimum absolute atomic E-state index is 0.146. The maximum Gasteiger partial charge on any atom is 0.265 e. The van der Waals surface area contributed by atoms with E-state index in [0.29, 0.717) is 0 Å². The van der Waals surface area contributed by atoms with E-state index >= 15 is 0 Å². The van der Waals surface area contributed by atoms with Gasteiger partial charge in [0, 0.05) is 11.8 Å². The first-order valence-electron chi connectivity index (χ1n) is 8.53. The molecule has 0 spiro atoms. The first-order valence-corrected chi connectivity index (χ1v) is 8.53. The Hall–Kier alpha value is -3.13. The number of aromatic nitrogens is 1. The minimum atomic E-state index is 0.146. The molecule has 1 heterocycles. The van der Waals surface area contributed by atoms with Crippen molar-refractivity contribution in [3.8, 4) is 11.1 Å². The summed E-state index contributed by atoms with van der Waals surface area (Å²) in [5.74, 6) is 0. The molecule has 0 radical (unpaired) electrons. The van der Waals surface area contributed by atoms with Gasteiger partial charge in [-0.05, 0) is 23.3 Å². The molecule has 0 N–H and O–H groups in total. The molecule has 25 heavy (non-hydrogen) atoms. The Kier molecular flexibility index (Phi) is 4.43. The van der Waals surface area contributed by atoms with Gasteiger partial charge >= 0.3 is 0 Å². The molecule has 1 nitrogen and oxygen atoms in total. The van der Waals surface area contributed by atoms with E-state index in [0.717, 1.165) is 5.59 Å². The van der Waals surface area contributed by atoms with E-state index in [1.54, 1.807) is 0 Å². The van der Waals surface area contributed by atoms with Crippen LogP contribution in [-0.4, -0.2) is 11.7 Å². The van der Waals surface area contributed by atoms with Crippen LogP contribution < -0.4 is 16.5 Å². The van der Waals surface area contributed by atoms with Crippen LogP contribution in [0.5, 0.6) is 0 Å². The molecule has 3 aromatic carbocycles. The summed E-state index contributed by atoms with van der Waals surface area (Å²) < 4.78 is 0. The Labute approximate surface area is 149 Å². The van der Waals surface area contributed by atoms with Crippen LogP contribution in [0.4, 0.5) is 0 Å². The SMILES string of the molecule is c1ccc(B(c2ccc(-c3ccccc3)cc2)c2ccccn2)cc1. The molecule has 2 heteroatoms. The highest BCUT2D eigenvalue weighted by Crippen LogP contribution is 2.17. The molecule has 0 amide bonds. The van der Waals surface area contributed by atoms with E-state index in [4.69, 9.17) is 0 Å². The zero-order valence-electron chi connectivity index (χ0n) is 13.9. The van der Waals surface area contributed by atoms with Gasteiger partial charge in [-0.1, -0.05) is 102 Å². The molecule has 0 unspecified atom stereocenters. The third-order valence-corrected chi connectivity index (χ3v) is 4.47. The summed E-state index contributed by atoms with van der Waals surface area (Å²) in [4.78, 5) is 4.61. The van der Waals surface area contributed by atoms with Crippen molar-refractivity contribution in [2.45, 2.75) is 0 Å². The number of nitrogens with zero attached hydrogens (tertiary/aromatic N) is 1. The lowest BCUT2D eigenvalue weighted by Gasteiger charge is -2.15. The van der Waals surface area contributed by atoms with Gasteiger partial charge in [-0.15, -0.1) is 0 Å². The van der Waals surface area contributed by atoms with Gasteiger partial charge < -0.3 is 0 Å². The van der Waals surface area contributed by atoms with Crippen LogP contribution >= 0.6 is 0 Å². The van der Waals surface area contributed by atoms with Crippen LogP contribution in [-0.2, 0) is 0 Å². The lowest BCUT2D eigenvalue weighted by molar-refractivity contribution is 1.38. The predicted octanol–water partition coefficient (Wildman–Crippen LogP) is 3.26. The number of hydrogen-bond acceptors (Lipinski definition) is 1. The highest BCUT2D eigenvalue weighted by molar-refractivity contribution is 6.95. The number of hydrogen-bond donors (Lipinski definition) is 0. The molecular formula is C23H18BN. The second-order valence-electron chi connectivity index (χ2n) is 6.09. The molecule has 1 aromatic heterocycles. The fraction of sp³-hybridized carbons (Fsp3) is 0. The topological polar surface area (TPSA) is 12.9 Å². The summed E-state index contributed by atoms with van der Waals surface area (Å²) in [5.41, 5.74) is 6.06. The maximum absolute atomic E-state index is 4.61. The zero-order chi connectivity index (χ0) is 16.9. The molecule has 0 bridgehead atoms. The number of rotatable bonds is 4. The normalized spacial score (nSPS) is 10.4. The standard InChI is InChI=1S/C23H18BN/c1-3-9-19(10-4-1)20-14-16-22(17-15-20)24(21-11-5-2-6-12-21)23-13-7-8-18-25-23/h1-18H. The minimum Gasteiger partial charge on any atom is -0.270 e. The Balaban J connectivity index is 1.75. The molecular weight excluding hydrogens is 301 g/mol. The van der Waals surface area contributed by atoms with Gasteiger partial charge in [-0.3, -0.25) is 4.98 Å². The third kappa shape index (κ3) is 3.38. The molecule has 0 atom stereocenters. The quantitative estimate of drug-likeness (QED) is 0.526. The fourth-order valence-electron chi connectivity index (χ4n) is 3.22. The average molecular weight is 319 g/mol. The molecule has 0 saturated heterocycles. The van der Waals surface area contributed by atoms with Crippen LogP contribution in [0.15, 0.2) is 109 Å². The monoisotopic (exact) mass is 319 g/mol. The molecule has 0 aliphatic carbocycles. The second kappa shape index (κ2) is 7.19. The zero-order valence-corrected chi connectivity index (χ0v) is 13.9. The van der Waals surface area contributed by atoms with Crippen molar-refractivity contribution in [3.05, 3.63) is 109 Å². The van der Waals surface area contributed by atoms with E-state index in [-0.39, 0.29) is 6.71 Å². The molecule has 118 valence electrons. The summed E-state index contributed by atoms with van der Waals surface area (Å²) in [7, 11) is 0. The summed E-state index contributed by atoms with van der Waals surface area (Å²) in [6.07, 6.45) is 1.86. The molecule has 0 fully saturated rings. The second-order valence-corrected chi connectivity index (χ2v) is 6.09. The van der Waals surface area contributed by atoms with E-state index in [1.807, 2.05) is 18.3 Å². The van der Waals surface area contributed by atoms with Crippen molar-refractivity contribution in [1.82, 2.24) is 4.98 Å². The lowest BCUT2D eigenvalue weighted by Crippen LogP contribution is -2.53. The Morgan fingerprint density at radius 3 is 1.68 bits per heavy atom. The van der Waals surface area contributed by atoms with Crippen LogP contribution in [0.3, 0.4) is 0 Å². The number of benzene rings is 3. The van der Waals surface area contributed by atoms with Crippen molar-refractivity contribution in [2.75, 3.05) is 0 Å². The van der Waals surface area contributed by atoms with E-state index in [1.165, 1.54) is 22.1 Å². The van der Waals surface area contributed by atoms with E-state index < -0.39 is 0 Å². The summed E-state index contributed by atoms with van der Waals surface area (Å²) in [6, 6.07) is 36.0. The van der Waals surface area contributed by atoms with Gasteiger partial charge in [0.25, 0.3) is 6.71 Å². The Morgan fingerprint density at radius 1 is 0.480 bits per heavy atom. The van der Waals surface area contributed by atoms with Crippen LogP contribution in [0.25, 0.3) is 11.1 Å². The third-order valence-electron chi connectivity index (χ3n) is 4.47. The van der Waals surface area contributed by atoms with Crippen LogP contribution in [0.1, 0.15) is 0 Å². The Bertz CT molecular complexity index is 880. The van der Waals surface area contributed by atoms with E-state index in [9.17, 15) is 0 Å². The largest absolute Gasteiger partial charge is 0.270 e. The van der Waals surface area contributed by atoms with E-state index in [2.05, 4.69) is 96.0 Å². The molecule has 4 aromatic rings. The van der Waals surface area contributed by atoms with Gasteiger partial charge in [-0.2, -0.15) is 0 Å². The highest BCUT2D eigenvalue weighted by Gasteiger charge is 2.22. The lowest BCUT2D eigenvalue weighted by atomic mass is 9.38. The first kappa shape index (κ1) is 15.4. The predicted molar refractivity (Wildman–Crippen MR) is 107 cm³/mol. The fourth-order valence-corrected chi connectivity index (χ4v) is 3.22. The van der Waals surface area contributed by atoms with Crippen molar-refractivity contribution in [3.63, 3.8) is 0 Å². The van der Waals surface area contributed by atoms with Crippen molar-refractivity contribution in [1.29, 1.82) is 0 Å². The summed E-state index contributed by atoms with van der Waals surface area (Å²) >= 11 is 0. The van der Waals surface area contributed by atoms with Crippen molar-refractivity contribution < 1.29 is 0 Å². The van der Waals surface area contributed by atoms with Gasteiger partial charge in [-0.25, -0.2) is 0 Å². The number of pyridine rings is 1. The van der Waals surface area contributed by atoms with Crippen molar-refractivity contribution >= 4 is 23.2 Å².